The Morgan fingerprint density at radius 1 is 1.45 bits per heavy atom. The van der Waals surface area contributed by atoms with Crippen molar-refractivity contribution in [3.05, 3.63) is 0 Å². The summed E-state index contributed by atoms with van der Waals surface area (Å²) in [5.41, 5.74) is 0. The van der Waals surface area contributed by atoms with Crippen LogP contribution in [0.2, 0.25) is 0 Å². The lowest BCUT2D eigenvalue weighted by Gasteiger charge is -2.27. The van der Waals surface area contributed by atoms with Gasteiger partial charge in [0.1, 0.15) is 6.54 Å². The molecular weight excluding hydrogens is 152 g/mol. The highest BCUT2D eigenvalue weighted by molar-refractivity contribution is 5.92. The fourth-order valence-electron chi connectivity index (χ4n) is 0.785. The quantitative estimate of drug-likeness (QED) is 0.362. The zero-order valence-corrected chi connectivity index (χ0v) is 5.65. The first-order valence-electron chi connectivity index (χ1n) is 3.03. The molecule has 0 aromatic rings. The smallest absolute Gasteiger partial charge is 0.246 e. The predicted molar refractivity (Wildman–Crippen MR) is 32.9 cm³/mol. The Morgan fingerprint density at radius 2 is 2.09 bits per heavy atom. The first kappa shape index (κ1) is 7.96. The molecule has 0 saturated carbocycles. The van der Waals surface area contributed by atoms with Gasteiger partial charge in [0, 0.05) is 0 Å². The highest BCUT2D eigenvalue weighted by Gasteiger charge is 2.26. The van der Waals surface area contributed by atoms with Crippen molar-refractivity contribution in [2.45, 2.75) is 6.41 Å². The Kier molecular flexibility index (Phi) is 2.06. The van der Waals surface area contributed by atoms with Crippen molar-refractivity contribution >= 4 is 11.8 Å². The van der Waals surface area contributed by atoms with Gasteiger partial charge in [0.05, 0.1) is 6.54 Å². The van der Waals surface area contributed by atoms with Gasteiger partial charge in [0.15, 0.2) is 0 Å². The first-order chi connectivity index (χ1) is 5.11. The SMILES string of the molecule is O=C1CN(C(O)O)C(=O)CN1. The average molecular weight is 160 g/mol. The van der Waals surface area contributed by atoms with Crippen LogP contribution in [0.3, 0.4) is 0 Å². The van der Waals surface area contributed by atoms with Gasteiger partial charge in [0.2, 0.25) is 18.2 Å². The van der Waals surface area contributed by atoms with Crippen LogP contribution >= 0.6 is 0 Å². The lowest BCUT2D eigenvalue weighted by Crippen LogP contribution is -2.55. The van der Waals surface area contributed by atoms with Crippen molar-refractivity contribution in [1.29, 1.82) is 0 Å². The third-order valence-corrected chi connectivity index (χ3v) is 1.35. The fourth-order valence-corrected chi connectivity index (χ4v) is 0.785. The number of hydrogen-bond donors (Lipinski definition) is 3. The van der Waals surface area contributed by atoms with Gasteiger partial charge >= 0.3 is 0 Å². The maximum Gasteiger partial charge on any atom is 0.246 e. The Labute approximate surface area is 62.4 Å². The maximum absolute atomic E-state index is 10.8. The van der Waals surface area contributed by atoms with E-state index in [9.17, 15) is 9.59 Å². The average Bonchev–Trinajstić information content (AvgIpc) is 1.94. The fraction of sp³-hybridized carbons (Fsp3) is 0.600. The molecule has 0 aromatic heterocycles. The van der Waals surface area contributed by atoms with Gasteiger partial charge in [0.25, 0.3) is 0 Å². The van der Waals surface area contributed by atoms with E-state index in [0.717, 1.165) is 0 Å². The van der Waals surface area contributed by atoms with E-state index in [-0.39, 0.29) is 13.1 Å². The molecule has 6 heteroatoms. The number of carbonyl (C=O) groups is 2. The number of nitrogens with one attached hydrogen (secondary N) is 1. The van der Waals surface area contributed by atoms with E-state index in [1.54, 1.807) is 0 Å². The van der Waals surface area contributed by atoms with Gasteiger partial charge in [-0.25, -0.2) is 0 Å². The van der Waals surface area contributed by atoms with Crippen molar-refractivity contribution in [3.63, 3.8) is 0 Å². The van der Waals surface area contributed by atoms with Crippen LogP contribution in [-0.2, 0) is 9.59 Å². The number of hydrogen-bond acceptors (Lipinski definition) is 4. The third kappa shape index (κ3) is 1.66. The second-order valence-electron chi connectivity index (χ2n) is 2.14. The highest BCUT2D eigenvalue weighted by atomic mass is 16.5. The molecule has 0 aromatic carbocycles. The Hall–Kier alpha value is -1.14. The number of aliphatic hydroxyl groups excluding tert-OH is 1. The Morgan fingerprint density at radius 3 is 2.55 bits per heavy atom. The van der Waals surface area contributed by atoms with E-state index in [1.165, 1.54) is 0 Å². The van der Waals surface area contributed by atoms with Gasteiger partial charge in [-0.1, -0.05) is 0 Å². The molecule has 1 aliphatic heterocycles. The molecule has 0 atom stereocenters. The summed E-state index contributed by atoms with van der Waals surface area (Å²) in [4.78, 5) is 22.0. The lowest BCUT2D eigenvalue weighted by molar-refractivity contribution is -0.182. The van der Waals surface area contributed by atoms with Crippen molar-refractivity contribution < 1.29 is 19.8 Å². The summed E-state index contributed by atoms with van der Waals surface area (Å²) in [5.74, 6) is -0.891. The Balaban J connectivity index is 2.61. The van der Waals surface area contributed by atoms with Crippen LogP contribution in [0.4, 0.5) is 0 Å². The molecule has 1 aliphatic rings. The van der Waals surface area contributed by atoms with Crippen molar-refractivity contribution in [2.75, 3.05) is 13.1 Å². The molecule has 1 rings (SSSR count). The molecule has 1 fully saturated rings. The standard InChI is InChI=1S/C5H8N2O4/c8-3-2-7(5(10)11)4(9)1-6-3/h5,10-11H,1-2H2,(H,6,8). The van der Waals surface area contributed by atoms with Crippen LogP contribution in [0.1, 0.15) is 0 Å². The molecule has 0 bridgehead atoms. The van der Waals surface area contributed by atoms with Crippen molar-refractivity contribution in [1.82, 2.24) is 10.2 Å². The molecule has 6 nitrogen and oxygen atoms in total. The van der Waals surface area contributed by atoms with E-state index in [1.807, 2.05) is 0 Å². The molecule has 0 unspecified atom stereocenters. The van der Waals surface area contributed by atoms with E-state index >= 15 is 0 Å². The summed E-state index contributed by atoms with van der Waals surface area (Å²) in [5, 5.41) is 19.4. The number of amides is 2. The van der Waals surface area contributed by atoms with Crippen molar-refractivity contribution in [3.8, 4) is 0 Å². The van der Waals surface area contributed by atoms with Gasteiger partial charge in [-0.15, -0.1) is 0 Å². The molecule has 0 spiro atoms. The van der Waals surface area contributed by atoms with Gasteiger partial charge in [-0.05, 0) is 0 Å². The molecule has 11 heavy (non-hydrogen) atoms. The minimum absolute atomic E-state index is 0.170. The zero-order valence-electron chi connectivity index (χ0n) is 5.65. The minimum atomic E-state index is -1.88. The highest BCUT2D eigenvalue weighted by Crippen LogP contribution is 1.97. The van der Waals surface area contributed by atoms with Gasteiger partial charge in [-0.2, -0.15) is 0 Å². The largest absolute Gasteiger partial charge is 0.351 e. The number of rotatable bonds is 1. The van der Waals surface area contributed by atoms with E-state index in [2.05, 4.69) is 5.32 Å². The normalized spacial score (nSPS) is 19.0. The molecule has 3 N–H and O–H groups in total. The molecule has 62 valence electrons. The summed E-state index contributed by atoms with van der Waals surface area (Å²) in [6, 6.07) is 0. The second-order valence-corrected chi connectivity index (χ2v) is 2.14. The predicted octanol–water partition coefficient (Wildman–Crippen LogP) is -2.79. The molecule has 0 aliphatic carbocycles. The van der Waals surface area contributed by atoms with E-state index in [4.69, 9.17) is 10.2 Å². The van der Waals surface area contributed by atoms with Gasteiger partial charge in [-0.3, -0.25) is 14.5 Å². The molecule has 1 heterocycles. The maximum atomic E-state index is 10.8. The summed E-state index contributed by atoms with van der Waals surface area (Å²) in [6.45, 7) is -0.465. The summed E-state index contributed by atoms with van der Waals surface area (Å²) < 4.78 is 0. The van der Waals surface area contributed by atoms with Crippen LogP contribution in [0.25, 0.3) is 0 Å². The van der Waals surface area contributed by atoms with E-state index < -0.39 is 18.2 Å². The Bertz CT molecular complexity index is 191. The number of aliphatic hydroxyl groups is 2. The number of piperazine rings is 1. The molecular formula is C5H8N2O4. The zero-order chi connectivity index (χ0) is 8.43. The third-order valence-electron chi connectivity index (χ3n) is 1.35. The van der Waals surface area contributed by atoms with Crippen LogP contribution in [-0.4, -0.2) is 46.4 Å². The summed E-state index contributed by atoms with van der Waals surface area (Å²) >= 11 is 0. The van der Waals surface area contributed by atoms with Crippen LogP contribution < -0.4 is 5.32 Å². The first-order valence-corrected chi connectivity index (χ1v) is 3.03. The monoisotopic (exact) mass is 160 g/mol. The summed E-state index contributed by atoms with van der Waals surface area (Å²) in [6.07, 6.45) is -1.88. The summed E-state index contributed by atoms with van der Waals surface area (Å²) in [7, 11) is 0. The number of nitrogens with zero attached hydrogens (tertiary/aromatic N) is 1. The van der Waals surface area contributed by atoms with Crippen LogP contribution in [0.5, 0.6) is 0 Å². The second kappa shape index (κ2) is 2.85. The van der Waals surface area contributed by atoms with Crippen molar-refractivity contribution in [2.24, 2.45) is 0 Å². The van der Waals surface area contributed by atoms with Gasteiger partial charge < -0.3 is 15.5 Å². The lowest BCUT2D eigenvalue weighted by atomic mass is 10.3. The van der Waals surface area contributed by atoms with Crippen LogP contribution in [0, 0.1) is 0 Å². The molecule has 1 saturated heterocycles. The topological polar surface area (TPSA) is 89.9 Å². The molecule has 0 radical (unpaired) electrons. The minimum Gasteiger partial charge on any atom is -0.351 e. The molecule has 2 amide bonds. The van der Waals surface area contributed by atoms with E-state index in [0.29, 0.717) is 4.90 Å². The number of carbonyl (C=O) groups excluding carboxylic acids is 2. The van der Waals surface area contributed by atoms with Crippen LogP contribution in [0.15, 0.2) is 0 Å².